The van der Waals surface area contributed by atoms with Gasteiger partial charge in [-0.1, -0.05) is 54.8 Å². The molecule has 0 unspecified atom stereocenters. The highest BCUT2D eigenvalue weighted by molar-refractivity contribution is 9.10. The van der Waals surface area contributed by atoms with E-state index in [1.807, 2.05) is 6.07 Å². The van der Waals surface area contributed by atoms with Gasteiger partial charge < -0.3 is 5.73 Å². The van der Waals surface area contributed by atoms with Gasteiger partial charge in [0.25, 0.3) is 0 Å². The Bertz CT molecular complexity index is 303. The topological polar surface area (TPSA) is 26.0 Å². The van der Waals surface area contributed by atoms with Crippen molar-refractivity contribution in [2.75, 3.05) is 0 Å². The molecule has 1 aromatic carbocycles. The molecule has 1 rings (SSSR count). The molecule has 0 saturated carbocycles. The third-order valence-corrected chi connectivity index (χ3v) is 3.29. The van der Waals surface area contributed by atoms with Gasteiger partial charge in [0.15, 0.2) is 0 Å². The molecule has 15 heavy (non-hydrogen) atoms. The predicted molar refractivity (Wildman–Crippen MR) is 69.8 cm³/mol. The van der Waals surface area contributed by atoms with Crippen LogP contribution in [0.5, 0.6) is 0 Å². The van der Waals surface area contributed by atoms with E-state index >= 15 is 0 Å². The van der Waals surface area contributed by atoms with Crippen molar-refractivity contribution in [3.63, 3.8) is 0 Å². The highest BCUT2D eigenvalue weighted by atomic mass is 79.9. The van der Waals surface area contributed by atoms with Crippen LogP contribution >= 0.6 is 15.9 Å². The summed E-state index contributed by atoms with van der Waals surface area (Å²) in [6.07, 6.45) is 4.36. The molecule has 0 spiro atoms. The van der Waals surface area contributed by atoms with Gasteiger partial charge in [0, 0.05) is 10.0 Å². The highest BCUT2D eigenvalue weighted by Gasteiger charge is 2.25. The first-order valence-corrected chi connectivity index (χ1v) is 6.46. The Balaban J connectivity index is 2.97. The monoisotopic (exact) mass is 269 g/mol. The van der Waals surface area contributed by atoms with E-state index in [-0.39, 0.29) is 5.54 Å². The summed E-state index contributed by atoms with van der Waals surface area (Å²) < 4.78 is 1.11. The molecule has 0 aliphatic heterocycles. The van der Waals surface area contributed by atoms with Crippen LogP contribution in [-0.4, -0.2) is 0 Å². The number of benzene rings is 1. The zero-order valence-electron chi connectivity index (χ0n) is 9.59. The van der Waals surface area contributed by atoms with E-state index in [9.17, 15) is 0 Å². The maximum Gasteiger partial charge on any atom is 0.0409 e. The first kappa shape index (κ1) is 12.7. The molecule has 84 valence electrons. The maximum atomic E-state index is 6.49. The van der Waals surface area contributed by atoms with Crippen LogP contribution in [0.2, 0.25) is 0 Å². The zero-order chi connectivity index (χ0) is 11.3. The molecular formula is C13H20BrN. The van der Waals surface area contributed by atoms with Crippen molar-refractivity contribution in [2.45, 2.75) is 45.1 Å². The summed E-state index contributed by atoms with van der Waals surface area (Å²) >= 11 is 3.50. The Morgan fingerprint density at radius 1 is 1.20 bits per heavy atom. The van der Waals surface area contributed by atoms with Gasteiger partial charge >= 0.3 is 0 Å². The van der Waals surface area contributed by atoms with Gasteiger partial charge in [0.2, 0.25) is 0 Å². The second-order valence-corrected chi connectivity index (χ2v) is 5.08. The van der Waals surface area contributed by atoms with E-state index in [0.717, 1.165) is 30.2 Å². The van der Waals surface area contributed by atoms with Crippen molar-refractivity contribution in [1.29, 1.82) is 0 Å². The van der Waals surface area contributed by atoms with E-state index in [4.69, 9.17) is 5.73 Å². The summed E-state index contributed by atoms with van der Waals surface area (Å²) in [7, 11) is 0. The molecule has 0 aliphatic carbocycles. The Kier molecular flexibility index (Phi) is 4.81. The van der Waals surface area contributed by atoms with Crippen LogP contribution in [0.25, 0.3) is 0 Å². The largest absolute Gasteiger partial charge is 0.321 e. The summed E-state index contributed by atoms with van der Waals surface area (Å²) in [5, 5.41) is 0. The van der Waals surface area contributed by atoms with E-state index in [0.29, 0.717) is 0 Å². The third kappa shape index (κ3) is 3.32. The van der Waals surface area contributed by atoms with Gasteiger partial charge in [-0.2, -0.15) is 0 Å². The van der Waals surface area contributed by atoms with Crippen LogP contribution in [-0.2, 0) is 5.54 Å². The lowest BCUT2D eigenvalue weighted by Gasteiger charge is -2.29. The Morgan fingerprint density at radius 2 is 1.80 bits per heavy atom. The first-order chi connectivity index (χ1) is 7.12. The average molecular weight is 270 g/mol. The maximum absolute atomic E-state index is 6.49. The number of nitrogens with two attached hydrogens (primary N) is 1. The van der Waals surface area contributed by atoms with Crippen LogP contribution in [0.4, 0.5) is 0 Å². The highest BCUT2D eigenvalue weighted by Crippen LogP contribution is 2.30. The third-order valence-electron chi connectivity index (χ3n) is 2.79. The molecule has 0 radical (unpaired) electrons. The number of hydrogen-bond donors (Lipinski definition) is 1. The minimum atomic E-state index is -0.146. The van der Waals surface area contributed by atoms with Crippen LogP contribution in [0.1, 0.15) is 45.1 Å². The van der Waals surface area contributed by atoms with Gasteiger partial charge in [-0.05, 0) is 30.5 Å². The standard InChI is InChI=1S/C13H20BrN/c1-3-8-13(15,9-4-2)11-6-5-7-12(14)10-11/h5-7,10H,3-4,8-9,15H2,1-2H3. The lowest BCUT2D eigenvalue weighted by Crippen LogP contribution is -2.36. The van der Waals surface area contributed by atoms with E-state index in [2.05, 4.69) is 48.0 Å². The van der Waals surface area contributed by atoms with Crippen molar-refractivity contribution in [1.82, 2.24) is 0 Å². The zero-order valence-corrected chi connectivity index (χ0v) is 11.2. The van der Waals surface area contributed by atoms with Gasteiger partial charge in [-0.25, -0.2) is 0 Å². The summed E-state index contributed by atoms with van der Waals surface area (Å²) in [6.45, 7) is 4.38. The second kappa shape index (κ2) is 5.66. The van der Waals surface area contributed by atoms with Gasteiger partial charge in [0.1, 0.15) is 0 Å². The SMILES string of the molecule is CCCC(N)(CCC)c1cccc(Br)c1. The summed E-state index contributed by atoms with van der Waals surface area (Å²) in [5.74, 6) is 0. The van der Waals surface area contributed by atoms with Crippen LogP contribution < -0.4 is 5.73 Å². The Labute approximate surface area is 101 Å². The predicted octanol–water partition coefficient (Wildman–Crippen LogP) is 4.20. The fraction of sp³-hybridized carbons (Fsp3) is 0.538. The molecule has 1 aromatic rings. The Hall–Kier alpha value is -0.340. The summed E-state index contributed by atoms with van der Waals surface area (Å²) in [5.41, 5.74) is 7.59. The van der Waals surface area contributed by atoms with Crippen molar-refractivity contribution < 1.29 is 0 Å². The van der Waals surface area contributed by atoms with Gasteiger partial charge in [-0.3, -0.25) is 0 Å². The molecule has 1 nitrogen and oxygen atoms in total. The van der Waals surface area contributed by atoms with Crippen molar-refractivity contribution in [2.24, 2.45) is 5.73 Å². The van der Waals surface area contributed by atoms with Gasteiger partial charge in [0.05, 0.1) is 0 Å². The van der Waals surface area contributed by atoms with E-state index in [1.165, 1.54) is 5.56 Å². The fourth-order valence-corrected chi connectivity index (χ4v) is 2.50. The quantitative estimate of drug-likeness (QED) is 0.852. The lowest BCUT2D eigenvalue weighted by atomic mass is 9.83. The van der Waals surface area contributed by atoms with E-state index < -0.39 is 0 Å². The number of hydrogen-bond acceptors (Lipinski definition) is 1. The van der Waals surface area contributed by atoms with Crippen molar-refractivity contribution in [3.05, 3.63) is 34.3 Å². The number of rotatable bonds is 5. The second-order valence-electron chi connectivity index (χ2n) is 4.17. The van der Waals surface area contributed by atoms with Crippen LogP contribution in [0, 0.1) is 0 Å². The molecule has 0 amide bonds. The minimum absolute atomic E-state index is 0.146. The van der Waals surface area contributed by atoms with Crippen LogP contribution in [0.3, 0.4) is 0 Å². The van der Waals surface area contributed by atoms with Crippen LogP contribution in [0.15, 0.2) is 28.7 Å². The molecule has 0 aliphatic rings. The molecule has 2 heteroatoms. The smallest absolute Gasteiger partial charge is 0.0409 e. The molecule has 0 atom stereocenters. The normalized spacial score (nSPS) is 11.7. The minimum Gasteiger partial charge on any atom is -0.321 e. The lowest BCUT2D eigenvalue weighted by molar-refractivity contribution is 0.369. The summed E-state index contributed by atoms with van der Waals surface area (Å²) in [4.78, 5) is 0. The molecule has 0 aromatic heterocycles. The first-order valence-electron chi connectivity index (χ1n) is 5.67. The molecule has 0 heterocycles. The Morgan fingerprint density at radius 3 is 2.27 bits per heavy atom. The number of halogens is 1. The molecule has 0 fully saturated rings. The van der Waals surface area contributed by atoms with Gasteiger partial charge in [-0.15, -0.1) is 0 Å². The molecular weight excluding hydrogens is 250 g/mol. The molecule has 2 N–H and O–H groups in total. The molecule has 0 saturated heterocycles. The molecule has 0 bridgehead atoms. The van der Waals surface area contributed by atoms with E-state index in [1.54, 1.807) is 0 Å². The average Bonchev–Trinajstić information content (AvgIpc) is 2.18. The fourth-order valence-electron chi connectivity index (χ4n) is 2.10. The van der Waals surface area contributed by atoms with Crippen molar-refractivity contribution in [3.8, 4) is 0 Å². The summed E-state index contributed by atoms with van der Waals surface area (Å²) in [6, 6.07) is 8.38. The van der Waals surface area contributed by atoms with Crippen molar-refractivity contribution >= 4 is 15.9 Å².